The van der Waals surface area contributed by atoms with E-state index in [-0.39, 0.29) is 11.9 Å². The Hall–Kier alpha value is -2.80. The van der Waals surface area contributed by atoms with Crippen molar-refractivity contribution >= 4 is 11.9 Å². The fraction of sp³-hybridized carbons (Fsp3) is 0.520. The molecule has 0 aliphatic carbocycles. The summed E-state index contributed by atoms with van der Waals surface area (Å²) in [4.78, 5) is 21.2. The van der Waals surface area contributed by atoms with E-state index in [9.17, 15) is 4.79 Å². The van der Waals surface area contributed by atoms with E-state index >= 15 is 0 Å². The van der Waals surface area contributed by atoms with Crippen LogP contribution in [-0.2, 0) is 6.42 Å². The van der Waals surface area contributed by atoms with E-state index in [4.69, 9.17) is 9.41 Å². The van der Waals surface area contributed by atoms with Crippen molar-refractivity contribution in [3.05, 3.63) is 59.0 Å². The van der Waals surface area contributed by atoms with Crippen LogP contribution in [0.4, 0.5) is 0 Å². The number of nitrogens with zero attached hydrogens (tertiary/aromatic N) is 3. The van der Waals surface area contributed by atoms with Crippen molar-refractivity contribution in [2.45, 2.75) is 39.2 Å². The molecule has 1 amide bonds. The van der Waals surface area contributed by atoms with Crippen molar-refractivity contribution in [2.75, 3.05) is 46.8 Å². The molecule has 32 heavy (non-hydrogen) atoms. The zero-order valence-electron chi connectivity index (χ0n) is 19.9. The number of amides is 1. The molecule has 3 rings (SSSR count). The second-order valence-electron chi connectivity index (χ2n) is 8.50. The Kier molecular flexibility index (Phi) is 8.73. The number of nitrogens with one attached hydrogen (secondary N) is 2. The minimum absolute atomic E-state index is 0.0239. The summed E-state index contributed by atoms with van der Waals surface area (Å²) in [6.45, 7) is 8.42. The third kappa shape index (κ3) is 6.60. The number of furan rings is 1. The van der Waals surface area contributed by atoms with Crippen LogP contribution in [-0.4, -0.2) is 68.5 Å². The van der Waals surface area contributed by atoms with Crippen molar-refractivity contribution in [1.29, 1.82) is 0 Å². The lowest BCUT2D eigenvalue weighted by Crippen LogP contribution is -2.39. The van der Waals surface area contributed by atoms with Gasteiger partial charge in [0.15, 0.2) is 5.96 Å². The largest absolute Gasteiger partial charge is 0.465 e. The van der Waals surface area contributed by atoms with E-state index in [2.05, 4.69) is 34.6 Å². The monoisotopic (exact) mass is 439 g/mol. The van der Waals surface area contributed by atoms with Gasteiger partial charge in [-0.3, -0.25) is 14.7 Å². The zero-order valence-corrected chi connectivity index (χ0v) is 19.9. The Labute approximate surface area is 191 Å². The SMILES string of the molecule is CCNC(=NCC(c1ccc(C)o1)N1CCCC1)NCCc1cccc(C(=O)N(C)C)c1. The Morgan fingerprint density at radius 3 is 2.62 bits per heavy atom. The fourth-order valence-electron chi connectivity index (χ4n) is 4.03. The summed E-state index contributed by atoms with van der Waals surface area (Å²) in [6, 6.07) is 12.1. The number of guanidine groups is 1. The molecule has 1 unspecified atom stereocenters. The lowest BCUT2D eigenvalue weighted by molar-refractivity contribution is 0.0827. The molecule has 1 aromatic heterocycles. The second-order valence-corrected chi connectivity index (χ2v) is 8.50. The molecule has 2 heterocycles. The molecule has 0 spiro atoms. The fourth-order valence-corrected chi connectivity index (χ4v) is 4.03. The van der Waals surface area contributed by atoms with Gasteiger partial charge < -0.3 is 20.0 Å². The molecule has 1 saturated heterocycles. The van der Waals surface area contributed by atoms with Crippen LogP contribution >= 0.6 is 0 Å². The molecule has 1 aromatic carbocycles. The lowest BCUT2D eigenvalue weighted by atomic mass is 10.1. The maximum Gasteiger partial charge on any atom is 0.253 e. The highest BCUT2D eigenvalue weighted by molar-refractivity contribution is 5.94. The minimum Gasteiger partial charge on any atom is -0.465 e. The van der Waals surface area contributed by atoms with Crippen molar-refractivity contribution in [3.63, 3.8) is 0 Å². The first kappa shape index (κ1) is 23.9. The third-order valence-electron chi connectivity index (χ3n) is 5.72. The van der Waals surface area contributed by atoms with E-state index < -0.39 is 0 Å². The molecule has 1 atom stereocenters. The van der Waals surface area contributed by atoms with Gasteiger partial charge in [0.05, 0.1) is 12.6 Å². The van der Waals surface area contributed by atoms with Gasteiger partial charge in [-0.1, -0.05) is 12.1 Å². The summed E-state index contributed by atoms with van der Waals surface area (Å²) in [6.07, 6.45) is 3.27. The molecule has 7 heteroatoms. The van der Waals surface area contributed by atoms with E-state index in [0.29, 0.717) is 6.54 Å². The first-order chi connectivity index (χ1) is 15.5. The molecular formula is C25H37N5O2. The summed E-state index contributed by atoms with van der Waals surface area (Å²) in [5.41, 5.74) is 1.84. The van der Waals surface area contributed by atoms with Crippen molar-refractivity contribution in [2.24, 2.45) is 4.99 Å². The summed E-state index contributed by atoms with van der Waals surface area (Å²) in [7, 11) is 3.55. The molecule has 7 nitrogen and oxygen atoms in total. The van der Waals surface area contributed by atoms with Crippen LogP contribution in [0.5, 0.6) is 0 Å². The summed E-state index contributed by atoms with van der Waals surface area (Å²) in [5, 5.41) is 6.78. The van der Waals surface area contributed by atoms with Gasteiger partial charge in [-0.15, -0.1) is 0 Å². The molecule has 1 aliphatic rings. The van der Waals surface area contributed by atoms with Crippen LogP contribution in [0.2, 0.25) is 0 Å². The number of carbonyl (C=O) groups is 1. The Morgan fingerprint density at radius 2 is 1.97 bits per heavy atom. The Balaban J connectivity index is 1.61. The highest BCUT2D eigenvalue weighted by atomic mass is 16.3. The standard InChI is InChI=1S/C25H37N5O2/c1-5-26-25(27-14-13-20-9-8-10-21(17-20)24(31)29(3)4)28-18-22(30-15-6-7-16-30)23-12-11-19(2)32-23/h8-12,17,22H,5-7,13-16,18H2,1-4H3,(H2,26,27,28). The van der Waals surface area contributed by atoms with Gasteiger partial charge in [-0.05, 0) is 76.0 Å². The molecular weight excluding hydrogens is 402 g/mol. The highest BCUT2D eigenvalue weighted by Gasteiger charge is 2.25. The van der Waals surface area contributed by atoms with E-state index in [1.165, 1.54) is 12.8 Å². The number of likely N-dealkylation sites (tertiary alicyclic amines) is 1. The molecule has 174 valence electrons. The number of aryl methyl sites for hydroxylation is 1. The zero-order chi connectivity index (χ0) is 22.9. The molecule has 0 bridgehead atoms. The number of hydrogen-bond donors (Lipinski definition) is 2. The highest BCUT2D eigenvalue weighted by Crippen LogP contribution is 2.26. The normalized spacial score (nSPS) is 15.6. The van der Waals surface area contributed by atoms with E-state index in [0.717, 1.165) is 61.2 Å². The van der Waals surface area contributed by atoms with Crippen LogP contribution < -0.4 is 10.6 Å². The van der Waals surface area contributed by atoms with Crippen LogP contribution in [0, 0.1) is 6.92 Å². The molecule has 0 radical (unpaired) electrons. The molecule has 0 saturated carbocycles. The minimum atomic E-state index is 0.0239. The number of carbonyl (C=O) groups excluding carboxylic acids is 1. The predicted octanol–water partition coefficient (Wildman–Crippen LogP) is 3.22. The quantitative estimate of drug-likeness (QED) is 0.464. The molecule has 2 aromatic rings. The van der Waals surface area contributed by atoms with Gasteiger partial charge in [-0.25, -0.2) is 0 Å². The van der Waals surface area contributed by atoms with Crippen LogP contribution in [0.15, 0.2) is 45.8 Å². The topological polar surface area (TPSA) is 73.1 Å². The lowest BCUT2D eigenvalue weighted by Gasteiger charge is -2.24. The van der Waals surface area contributed by atoms with Crippen molar-refractivity contribution < 1.29 is 9.21 Å². The number of hydrogen-bond acceptors (Lipinski definition) is 4. The van der Waals surface area contributed by atoms with E-state index in [1.807, 2.05) is 31.2 Å². The van der Waals surface area contributed by atoms with Gasteiger partial charge in [0.2, 0.25) is 0 Å². The number of aliphatic imine (C=N–C) groups is 1. The summed E-state index contributed by atoms with van der Waals surface area (Å²) >= 11 is 0. The average molecular weight is 440 g/mol. The maximum atomic E-state index is 12.2. The van der Waals surface area contributed by atoms with E-state index in [1.54, 1.807) is 19.0 Å². The smallest absolute Gasteiger partial charge is 0.253 e. The van der Waals surface area contributed by atoms with Gasteiger partial charge in [0.25, 0.3) is 5.91 Å². The van der Waals surface area contributed by atoms with Gasteiger partial charge in [0.1, 0.15) is 11.5 Å². The second kappa shape index (κ2) is 11.7. The van der Waals surface area contributed by atoms with Gasteiger partial charge in [0, 0.05) is 32.7 Å². The maximum absolute atomic E-state index is 12.2. The third-order valence-corrected chi connectivity index (χ3v) is 5.72. The molecule has 1 fully saturated rings. The first-order valence-electron chi connectivity index (χ1n) is 11.6. The average Bonchev–Trinajstić information content (AvgIpc) is 3.46. The number of benzene rings is 1. The first-order valence-corrected chi connectivity index (χ1v) is 11.6. The molecule has 1 aliphatic heterocycles. The Bertz CT molecular complexity index is 899. The van der Waals surface area contributed by atoms with Crippen molar-refractivity contribution in [3.8, 4) is 0 Å². The summed E-state index contributed by atoms with van der Waals surface area (Å²) < 4.78 is 5.95. The number of rotatable bonds is 9. The van der Waals surface area contributed by atoms with Gasteiger partial charge >= 0.3 is 0 Å². The molecule has 2 N–H and O–H groups in total. The van der Waals surface area contributed by atoms with Crippen LogP contribution in [0.25, 0.3) is 0 Å². The Morgan fingerprint density at radius 1 is 1.19 bits per heavy atom. The predicted molar refractivity (Wildman–Crippen MR) is 129 cm³/mol. The van der Waals surface area contributed by atoms with Crippen LogP contribution in [0.3, 0.4) is 0 Å². The van der Waals surface area contributed by atoms with Crippen LogP contribution in [0.1, 0.15) is 53.2 Å². The van der Waals surface area contributed by atoms with Gasteiger partial charge in [-0.2, -0.15) is 0 Å². The summed E-state index contributed by atoms with van der Waals surface area (Å²) in [5.74, 6) is 2.76. The van der Waals surface area contributed by atoms with Crippen molar-refractivity contribution in [1.82, 2.24) is 20.4 Å².